The predicted octanol–water partition coefficient (Wildman–Crippen LogP) is 9.58. The van der Waals surface area contributed by atoms with Crippen LogP contribution in [0.25, 0.3) is 22.4 Å². The molecule has 3 aliphatic rings. The lowest BCUT2D eigenvalue weighted by atomic mass is 9.91. The molecular formula is C38H48FNO4. The van der Waals surface area contributed by atoms with E-state index in [0.29, 0.717) is 12.3 Å². The first-order valence-corrected chi connectivity index (χ1v) is 17.0. The molecule has 0 bridgehead atoms. The summed E-state index contributed by atoms with van der Waals surface area (Å²) in [6.45, 7) is 5.21. The van der Waals surface area contributed by atoms with Gasteiger partial charge < -0.3 is 18.8 Å². The van der Waals surface area contributed by atoms with Gasteiger partial charge >= 0.3 is 5.97 Å². The number of carbonyl (C=O) groups is 1. The Bertz CT molecular complexity index is 1370. The van der Waals surface area contributed by atoms with E-state index in [9.17, 15) is 9.18 Å². The number of esters is 1. The number of hydrogen-bond acceptors (Lipinski definition) is 4. The van der Waals surface area contributed by atoms with Crippen molar-refractivity contribution in [2.75, 3.05) is 0 Å². The molecule has 1 saturated heterocycles. The zero-order valence-electron chi connectivity index (χ0n) is 26.4. The second-order valence-corrected chi connectivity index (χ2v) is 13.4. The number of aromatic nitrogens is 1. The minimum Gasteiger partial charge on any atom is -0.462 e. The van der Waals surface area contributed by atoms with Crippen molar-refractivity contribution in [1.29, 1.82) is 0 Å². The fourth-order valence-corrected chi connectivity index (χ4v) is 7.57. The molecule has 2 atom stereocenters. The van der Waals surface area contributed by atoms with E-state index in [1.165, 1.54) is 18.5 Å². The summed E-state index contributed by atoms with van der Waals surface area (Å²) < 4.78 is 35.8. The number of rotatable bonds is 9. The molecule has 6 rings (SSSR count). The lowest BCUT2D eigenvalue weighted by molar-refractivity contribution is -0.329. The first kappa shape index (κ1) is 31.0. The minimum absolute atomic E-state index is 0.0296. The summed E-state index contributed by atoms with van der Waals surface area (Å²) in [6, 6.07) is 19.6. The Kier molecular flexibility index (Phi) is 9.87. The number of benzene rings is 2. The SMILES string of the molecule is CC(C)c1cc(-c2ccccc2)c(-c2ccc(F)cc2)n1CC[C@@H]1C[C@H](CC(=O)OC2CCCCC2)OC2(CCCCC2)O1. The maximum absolute atomic E-state index is 14.0. The van der Waals surface area contributed by atoms with Crippen LogP contribution in [0, 0.1) is 5.82 Å². The highest BCUT2D eigenvalue weighted by atomic mass is 19.1. The van der Waals surface area contributed by atoms with Gasteiger partial charge in [-0.1, -0.05) is 57.0 Å². The molecule has 5 nitrogen and oxygen atoms in total. The third kappa shape index (κ3) is 7.29. The van der Waals surface area contributed by atoms with Gasteiger partial charge in [0.05, 0.1) is 24.3 Å². The summed E-state index contributed by atoms with van der Waals surface area (Å²) in [5.74, 6) is -0.677. The highest BCUT2D eigenvalue weighted by Gasteiger charge is 2.44. The van der Waals surface area contributed by atoms with Crippen molar-refractivity contribution in [3.8, 4) is 22.4 Å². The molecule has 3 fully saturated rings. The molecule has 44 heavy (non-hydrogen) atoms. The Morgan fingerprint density at radius 1 is 0.909 bits per heavy atom. The van der Waals surface area contributed by atoms with Crippen molar-refractivity contribution >= 4 is 5.97 Å². The van der Waals surface area contributed by atoms with E-state index in [0.717, 1.165) is 86.7 Å². The monoisotopic (exact) mass is 601 g/mol. The summed E-state index contributed by atoms with van der Waals surface area (Å²) >= 11 is 0. The van der Waals surface area contributed by atoms with Gasteiger partial charge in [-0.25, -0.2) is 4.39 Å². The maximum atomic E-state index is 14.0. The molecule has 1 aromatic heterocycles. The lowest BCUT2D eigenvalue weighted by Gasteiger charge is -2.46. The molecule has 3 aromatic rings. The van der Waals surface area contributed by atoms with Gasteiger partial charge in [0.2, 0.25) is 0 Å². The van der Waals surface area contributed by atoms with Gasteiger partial charge in [-0.2, -0.15) is 0 Å². The van der Waals surface area contributed by atoms with Crippen molar-refractivity contribution in [3.05, 3.63) is 72.2 Å². The lowest BCUT2D eigenvalue weighted by Crippen LogP contribution is -2.50. The number of nitrogens with zero attached hydrogens (tertiary/aromatic N) is 1. The average molecular weight is 602 g/mol. The highest BCUT2D eigenvalue weighted by Crippen LogP contribution is 2.42. The first-order valence-electron chi connectivity index (χ1n) is 17.0. The van der Waals surface area contributed by atoms with E-state index < -0.39 is 5.79 Å². The number of carbonyl (C=O) groups excluding carboxylic acids is 1. The Balaban J connectivity index is 1.26. The fraction of sp³-hybridized carbons (Fsp3) is 0.553. The molecule has 2 heterocycles. The molecule has 2 saturated carbocycles. The molecule has 2 aliphatic carbocycles. The van der Waals surface area contributed by atoms with Crippen molar-refractivity contribution in [2.24, 2.45) is 0 Å². The van der Waals surface area contributed by atoms with Crippen LogP contribution in [0.3, 0.4) is 0 Å². The Hall–Kier alpha value is -2.96. The standard InChI is InChI=1S/C38H48FNO4/c1-27(2)35-26-34(28-12-6-3-7-13-28)37(29-16-18-30(39)19-17-29)40(35)23-20-32-24-33(44-38(43-32)21-10-5-11-22-38)25-36(41)42-31-14-8-4-9-15-31/h3,6-7,12-13,16-19,26-27,31-33H,4-5,8-11,14-15,20-25H2,1-2H3/t32-,33-/m1/s1. The summed E-state index contributed by atoms with van der Waals surface area (Å²) in [6.07, 6.45) is 12.2. The van der Waals surface area contributed by atoms with Gasteiger partial charge in [-0.3, -0.25) is 4.79 Å². The van der Waals surface area contributed by atoms with Crippen LogP contribution < -0.4 is 0 Å². The van der Waals surface area contributed by atoms with E-state index in [1.54, 1.807) is 12.1 Å². The number of ether oxygens (including phenoxy) is 3. The van der Waals surface area contributed by atoms with E-state index in [-0.39, 0.29) is 36.5 Å². The van der Waals surface area contributed by atoms with Crippen LogP contribution in [0.1, 0.15) is 109 Å². The zero-order valence-corrected chi connectivity index (χ0v) is 26.4. The number of halogens is 1. The van der Waals surface area contributed by atoms with Crippen LogP contribution in [0.2, 0.25) is 0 Å². The van der Waals surface area contributed by atoms with E-state index in [4.69, 9.17) is 14.2 Å². The molecule has 236 valence electrons. The Morgan fingerprint density at radius 2 is 1.59 bits per heavy atom. The smallest absolute Gasteiger partial charge is 0.308 e. The van der Waals surface area contributed by atoms with Crippen LogP contribution in [-0.4, -0.2) is 34.6 Å². The molecule has 2 aromatic carbocycles. The van der Waals surface area contributed by atoms with Crippen LogP contribution in [0.5, 0.6) is 0 Å². The topological polar surface area (TPSA) is 49.7 Å². The first-order chi connectivity index (χ1) is 21.4. The molecule has 1 aliphatic heterocycles. The number of hydrogen-bond donors (Lipinski definition) is 0. The van der Waals surface area contributed by atoms with Gasteiger partial charge in [-0.15, -0.1) is 0 Å². The highest BCUT2D eigenvalue weighted by molar-refractivity contribution is 5.82. The van der Waals surface area contributed by atoms with E-state index >= 15 is 0 Å². The maximum Gasteiger partial charge on any atom is 0.308 e. The predicted molar refractivity (Wildman–Crippen MR) is 172 cm³/mol. The normalized spacial score (nSPS) is 22.4. The molecular weight excluding hydrogens is 553 g/mol. The minimum atomic E-state index is -0.608. The van der Waals surface area contributed by atoms with Crippen molar-refractivity contribution < 1.29 is 23.4 Å². The van der Waals surface area contributed by atoms with Gasteiger partial charge in [0.25, 0.3) is 0 Å². The molecule has 0 amide bonds. The van der Waals surface area contributed by atoms with Crippen LogP contribution >= 0.6 is 0 Å². The molecule has 1 spiro atoms. The van der Waals surface area contributed by atoms with E-state index in [2.05, 4.69) is 48.7 Å². The summed E-state index contributed by atoms with van der Waals surface area (Å²) in [4.78, 5) is 13.0. The van der Waals surface area contributed by atoms with Crippen LogP contribution in [-0.2, 0) is 25.5 Å². The van der Waals surface area contributed by atoms with Gasteiger partial charge in [0, 0.05) is 37.1 Å². The second kappa shape index (κ2) is 14.0. The summed E-state index contributed by atoms with van der Waals surface area (Å²) in [7, 11) is 0. The van der Waals surface area contributed by atoms with E-state index in [1.807, 2.05) is 18.2 Å². The van der Waals surface area contributed by atoms with Crippen LogP contribution in [0.15, 0.2) is 60.7 Å². The fourth-order valence-electron chi connectivity index (χ4n) is 7.57. The van der Waals surface area contributed by atoms with Crippen molar-refractivity contribution in [1.82, 2.24) is 4.57 Å². The molecule has 0 radical (unpaired) electrons. The van der Waals surface area contributed by atoms with Crippen LogP contribution in [0.4, 0.5) is 4.39 Å². The van der Waals surface area contributed by atoms with Gasteiger partial charge in [0.1, 0.15) is 11.9 Å². The largest absolute Gasteiger partial charge is 0.462 e. The quantitative estimate of drug-likeness (QED) is 0.229. The zero-order chi connectivity index (χ0) is 30.5. The second-order valence-electron chi connectivity index (χ2n) is 13.4. The Morgan fingerprint density at radius 3 is 2.30 bits per heavy atom. The molecule has 0 N–H and O–H groups in total. The van der Waals surface area contributed by atoms with Gasteiger partial charge in [-0.05, 0) is 92.3 Å². The van der Waals surface area contributed by atoms with Gasteiger partial charge in [0.15, 0.2) is 5.79 Å². The van der Waals surface area contributed by atoms with Crippen molar-refractivity contribution in [3.63, 3.8) is 0 Å². The molecule has 6 heteroatoms. The molecule has 0 unspecified atom stereocenters. The third-order valence-corrected chi connectivity index (χ3v) is 9.75. The summed E-state index contributed by atoms with van der Waals surface area (Å²) in [5, 5.41) is 0. The summed E-state index contributed by atoms with van der Waals surface area (Å²) in [5.41, 5.74) is 5.65. The third-order valence-electron chi connectivity index (χ3n) is 9.75. The van der Waals surface area contributed by atoms with Crippen molar-refractivity contribution in [2.45, 2.75) is 134 Å². The average Bonchev–Trinajstić information content (AvgIpc) is 3.41. The Labute approximate surface area is 262 Å².